The Morgan fingerprint density at radius 2 is 1.93 bits per heavy atom. The van der Waals surface area contributed by atoms with E-state index in [4.69, 9.17) is 16.2 Å². The lowest BCUT2D eigenvalue weighted by atomic mass is 9.81. The van der Waals surface area contributed by atoms with Gasteiger partial charge in [-0.25, -0.2) is 0 Å². The van der Waals surface area contributed by atoms with Crippen LogP contribution in [0.2, 0.25) is 0 Å². The number of allylic oxidation sites excluding steroid dienone is 1. The highest BCUT2D eigenvalue weighted by Crippen LogP contribution is 2.29. The van der Waals surface area contributed by atoms with Gasteiger partial charge in [0.1, 0.15) is 18.1 Å². The molecule has 0 saturated heterocycles. The average Bonchev–Trinajstić information content (AvgIpc) is 2.65. The summed E-state index contributed by atoms with van der Waals surface area (Å²) in [4.78, 5) is 4.30. The molecule has 0 saturated carbocycles. The van der Waals surface area contributed by atoms with Gasteiger partial charge in [0, 0.05) is 12.2 Å². The molecule has 0 bridgehead atoms. The Kier molecular flexibility index (Phi) is 6.19. The van der Waals surface area contributed by atoms with Gasteiger partial charge in [0.15, 0.2) is 0 Å². The topological polar surface area (TPSA) is 83.4 Å². The fraction of sp³-hybridized carbons (Fsp3) is 0.318. The summed E-state index contributed by atoms with van der Waals surface area (Å²) in [6.07, 6.45) is 2.62. The molecule has 0 aliphatic heterocycles. The predicted molar refractivity (Wildman–Crippen MR) is 107 cm³/mol. The van der Waals surface area contributed by atoms with E-state index in [1.54, 1.807) is 43.5 Å². The van der Waals surface area contributed by atoms with Crippen LogP contribution >= 0.6 is 0 Å². The van der Waals surface area contributed by atoms with E-state index >= 15 is 0 Å². The van der Waals surface area contributed by atoms with Crippen LogP contribution in [0.15, 0.2) is 60.5 Å². The molecule has 0 fully saturated rings. The Balaban J connectivity index is 1.72. The molecule has 2 aromatic rings. The van der Waals surface area contributed by atoms with Crippen molar-refractivity contribution in [2.75, 3.05) is 0 Å². The van der Waals surface area contributed by atoms with Crippen LogP contribution in [0.5, 0.6) is 5.75 Å². The highest BCUT2D eigenvalue weighted by Gasteiger charge is 2.34. The summed E-state index contributed by atoms with van der Waals surface area (Å²) < 4.78 is 47.3. The Labute approximate surface area is 173 Å². The minimum absolute atomic E-state index is 0.240. The second-order valence-electron chi connectivity index (χ2n) is 7.48. The SMILES string of the molecule is Cc1ccc(COC2=CC(N)(Cc3ccc(OC(F)(F)F)c(C)c3)C(N)C=C2)nc1. The maximum atomic E-state index is 12.5. The van der Waals surface area contributed by atoms with Crippen LogP contribution in [0.3, 0.4) is 0 Å². The van der Waals surface area contributed by atoms with Gasteiger partial charge in [0.05, 0.1) is 11.2 Å². The molecule has 0 spiro atoms. The fourth-order valence-corrected chi connectivity index (χ4v) is 3.20. The van der Waals surface area contributed by atoms with Crippen molar-refractivity contribution >= 4 is 0 Å². The zero-order valence-corrected chi connectivity index (χ0v) is 16.7. The monoisotopic (exact) mass is 419 g/mol. The molecule has 30 heavy (non-hydrogen) atoms. The average molecular weight is 419 g/mol. The Morgan fingerprint density at radius 3 is 2.57 bits per heavy atom. The van der Waals surface area contributed by atoms with Gasteiger partial charge in [-0.2, -0.15) is 0 Å². The number of alkyl halides is 3. The van der Waals surface area contributed by atoms with E-state index in [0.717, 1.165) is 16.8 Å². The number of rotatable bonds is 6. The highest BCUT2D eigenvalue weighted by atomic mass is 19.4. The first-order chi connectivity index (χ1) is 14.0. The van der Waals surface area contributed by atoms with Crippen LogP contribution in [0.1, 0.15) is 22.4 Å². The van der Waals surface area contributed by atoms with E-state index in [1.165, 1.54) is 6.07 Å². The third-order valence-electron chi connectivity index (χ3n) is 4.83. The van der Waals surface area contributed by atoms with Crippen molar-refractivity contribution < 1.29 is 22.6 Å². The lowest BCUT2D eigenvalue weighted by Crippen LogP contribution is -2.55. The number of halogens is 3. The molecule has 8 heteroatoms. The van der Waals surface area contributed by atoms with Gasteiger partial charge < -0.3 is 20.9 Å². The number of nitrogens with zero attached hydrogens (tertiary/aromatic N) is 1. The number of hydrogen-bond acceptors (Lipinski definition) is 5. The molecule has 2 atom stereocenters. The van der Waals surface area contributed by atoms with Crippen molar-refractivity contribution in [2.24, 2.45) is 11.5 Å². The Bertz CT molecular complexity index is 955. The van der Waals surface area contributed by atoms with E-state index < -0.39 is 17.9 Å². The van der Waals surface area contributed by atoms with Crippen molar-refractivity contribution in [3.63, 3.8) is 0 Å². The molecule has 4 N–H and O–H groups in total. The van der Waals surface area contributed by atoms with Crippen LogP contribution in [-0.4, -0.2) is 22.9 Å². The van der Waals surface area contributed by atoms with Gasteiger partial charge in [-0.05, 0) is 61.2 Å². The zero-order valence-electron chi connectivity index (χ0n) is 16.7. The summed E-state index contributed by atoms with van der Waals surface area (Å²) in [5.41, 5.74) is 14.7. The molecule has 1 aliphatic carbocycles. The van der Waals surface area contributed by atoms with Crippen LogP contribution in [0.4, 0.5) is 13.2 Å². The quantitative estimate of drug-likeness (QED) is 0.744. The number of aryl methyl sites for hydroxylation is 2. The molecule has 1 aliphatic rings. The third kappa shape index (κ3) is 5.61. The maximum Gasteiger partial charge on any atom is 0.573 e. The smallest absolute Gasteiger partial charge is 0.488 e. The van der Waals surface area contributed by atoms with Gasteiger partial charge in [-0.15, -0.1) is 13.2 Å². The first-order valence-corrected chi connectivity index (χ1v) is 9.39. The molecule has 1 aromatic heterocycles. The summed E-state index contributed by atoms with van der Waals surface area (Å²) in [6.45, 7) is 3.79. The second-order valence-corrected chi connectivity index (χ2v) is 7.48. The first kappa shape index (κ1) is 21.9. The Hall–Kier alpha value is -2.84. The number of aromatic nitrogens is 1. The minimum Gasteiger partial charge on any atom is -0.488 e. The van der Waals surface area contributed by atoms with Gasteiger partial charge in [0.2, 0.25) is 0 Å². The summed E-state index contributed by atoms with van der Waals surface area (Å²) in [6, 6.07) is 7.82. The van der Waals surface area contributed by atoms with Crippen LogP contribution in [0, 0.1) is 13.8 Å². The lowest BCUT2D eigenvalue weighted by Gasteiger charge is -2.34. The minimum atomic E-state index is -4.74. The molecular weight excluding hydrogens is 395 g/mol. The van der Waals surface area contributed by atoms with Crippen molar-refractivity contribution in [2.45, 2.75) is 44.8 Å². The number of hydrogen-bond donors (Lipinski definition) is 2. The van der Waals surface area contributed by atoms with Crippen molar-refractivity contribution in [1.29, 1.82) is 0 Å². The van der Waals surface area contributed by atoms with Crippen molar-refractivity contribution in [3.8, 4) is 5.75 Å². The highest BCUT2D eigenvalue weighted by molar-refractivity contribution is 5.39. The summed E-state index contributed by atoms with van der Waals surface area (Å²) >= 11 is 0. The van der Waals surface area contributed by atoms with E-state index in [0.29, 0.717) is 17.7 Å². The van der Waals surface area contributed by atoms with E-state index in [-0.39, 0.29) is 12.4 Å². The molecule has 5 nitrogen and oxygen atoms in total. The maximum absolute atomic E-state index is 12.5. The van der Waals surface area contributed by atoms with E-state index in [2.05, 4.69) is 9.72 Å². The molecular formula is C22H24F3N3O2. The molecule has 1 aromatic carbocycles. The molecule has 0 amide bonds. The Morgan fingerprint density at radius 1 is 1.17 bits per heavy atom. The molecule has 2 unspecified atom stereocenters. The number of benzene rings is 1. The number of pyridine rings is 1. The third-order valence-corrected chi connectivity index (χ3v) is 4.83. The summed E-state index contributed by atoms with van der Waals surface area (Å²) in [7, 11) is 0. The van der Waals surface area contributed by atoms with Gasteiger partial charge in [-0.1, -0.05) is 24.3 Å². The normalized spacial score (nSPS) is 21.3. The zero-order chi connectivity index (χ0) is 21.9. The standard InChI is InChI=1S/C22H24F3N3O2/c1-14-3-5-17(28-12-14)13-29-18-6-8-20(26)21(27,11-18)10-16-4-7-19(15(2)9-16)30-22(23,24)25/h3-9,11-12,20H,10,13,26-27H2,1-2H3. The molecule has 1 heterocycles. The lowest BCUT2D eigenvalue weighted by molar-refractivity contribution is -0.274. The van der Waals surface area contributed by atoms with E-state index in [1.807, 2.05) is 19.1 Å². The molecule has 160 valence electrons. The largest absolute Gasteiger partial charge is 0.573 e. The van der Waals surface area contributed by atoms with Crippen LogP contribution in [0.25, 0.3) is 0 Å². The van der Waals surface area contributed by atoms with Crippen LogP contribution in [-0.2, 0) is 17.8 Å². The van der Waals surface area contributed by atoms with Gasteiger partial charge in [0.25, 0.3) is 0 Å². The molecule has 3 rings (SSSR count). The summed E-state index contributed by atoms with van der Waals surface area (Å²) in [5.74, 6) is 0.325. The predicted octanol–water partition coefficient (Wildman–Crippen LogP) is 3.83. The van der Waals surface area contributed by atoms with Gasteiger partial charge in [-0.3, -0.25) is 4.98 Å². The second kappa shape index (κ2) is 8.49. The fourth-order valence-electron chi connectivity index (χ4n) is 3.20. The first-order valence-electron chi connectivity index (χ1n) is 9.39. The molecule has 0 radical (unpaired) electrons. The van der Waals surface area contributed by atoms with Crippen molar-refractivity contribution in [1.82, 2.24) is 4.98 Å². The van der Waals surface area contributed by atoms with Crippen molar-refractivity contribution in [3.05, 3.63) is 82.9 Å². The van der Waals surface area contributed by atoms with Crippen LogP contribution < -0.4 is 16.2 Å². The summed E-state index contributed by atoms with van der Waals surface area (Å²) in [5, 5.41) is 0. The van der Waals surface area contributed by atoms with E-state index in [9.17, 15) is 13.2 Å². The number of nitrogens with two attached hydrogens (primary N) is 2. The van der Waals surface area contributed by atoms with Gasteiger partial charge >= 0.3 is 6.36 Å². The number of ether oxygens (including phenoxy) is 2.